The summed E-state index contributed by atoms with van der Waals surface area (Å²) in [6, 6.07) is 18.0. The van der Waals surface area contributed by atoms with E-state index >= 15 is 0 Å². The Labute approximate surface area is 175 Å². The molecule has 0 atom stereocenters. The number of hydrogen-bond acceptors (Lipinski definition) is 4. The molecule has 7 heteroatoms. The Morgan fingerprint density at radius 2 is 1.96 bits per heavy atom. The van der Waals surface area contributed by atoms with Gasteiger partial charge in [0, 0.05) is 28.2 Å². The van der Waals surface area contributed by atoms with Gasteiger partial charge in [-0.2, -0.15) is 5.10 Å². The number of thiazole rings is 1. The summed E-state index contributed by atoms with van der Waals surface area (Å²) in [6.07, 6.45) is 2.00. The van der Waals surface area contributed by atoms with Gasteiger partial charge in [0.15, 0.2) is 0 Å². The fourth-order valence-corrected chi connectivity index (χ4v) is 4.00. The normalized spacial score (nSPS) is 10.8. The summed E-state index contributed by atoms with van der Waals surface area (Å²) < 4.78 is 1.01. The van der Waals surface area contributed by atoms with Crippen molar-refractivity contribution in [1.82, 2.24) is 20.5 Å². The van der Waals surface area contributed by atoms with Crippen LogP contribution in [-0.2, 0) is 17.8 Å². The van der Waals surface area contributed by atoms with Crippen molar-refractivity contribution in [3.63, 3.8) is 0 Å². The van der Waals surface area contributed by atoms with Crippen LogP contribution in [0.3, 0.4) is 0 Å². The van der Waals surface area contributed by atoms with Gasteiger partial charge in [0.25, 0.3) is 0 Å². The van der Waals surface area contributed by atoms with Crippen LogP contribution in [0, 0.1) is 0 Å². The number of carbonyl (C=O) groups is 1. The minimum Gasteiger partial charge on any atom is -0.352 e. The number of aromatic amines is 1. The molecule has 4 rings (SSSR count). The van der Waals surface area contributed by atoms with Gasteiger partial charge in [-0.05, 0) is 29.3 Å². The summed E-state index contributed by atoms with van der Waals surface area (Å²) in [5, 5.41) is 12.7. The number of halogens is 1. The first-order chi connectivity index (χ1) is 13.7. The molecule has 0 aliphatic rings. The monoisotopic (exact) mass is 452 g/mol. The van der Waals surface area contributed by atoms with Crippen LogP contribution in [0.1, 0.15) is 11.3 Å². The van der Waals surface area contributed by atoms with Crippen LogP contribution in [0.15, 0.2) is 70.6 Å². The zero-order chi connectivity index (χ0) is 19.3. The molecule has 0 spiro atoms. The Bertz CT molecular complexity index is 1070. The number of H-pyrrole nitrogens is 1. The van der Waals surface area contributed by atoms with E-state index in [0.717, 1.165) is 37.6 Å². The summed E-state index contributed by atoms with van der Waals surface area (Å²) in [5.41, 5.74) is 4.91. The molecular weight excluding hydrogens is 436 g/mol. The third-order valence-electron chi connectivity index (χ3n) is 4.22. The van der Waals surface area contributed by atoms with Gasteiger partial charge in [0.2, 0.25) is 5.91 Å². The minimum atomic E-state index is -0.0382. The standard InChI is InChI=1S/C21H17BrN4OS/c22-17-3-1-2-16(10-17)21-25-18(13-28-21)11-20(27)23-12-14-4-6-15(7-5-14)19-8-9-24-26-19/h1-10,13H,11-12H2,(H,23,27)(H,24,26). The Balaban J connectivity index is 1.32. The van der Waals surface area contributed by atoms with E-state index in [1.165, 1.54) is 0 Å². The topological polar surface area (TPSA) is 70.7 Å². The molecule has 5 nitrogen and oxygen atoms in total. The molecule has 0 aliphatic carbocycles. The molecular formula is C21H17BrN4OS. The molecule has 0 saturated heterocycles. The average Bonchev–Trinajstić information content (AvgIpc) is 3.39. The Morgan fingerprint density at radius 1 is 1.11 bits per heavy atom. The third kappa shape index (κ3) is 4.55. The maximum Gasteiger partial charge on any atom is 0.226 e. The van der Waals surface area contributed by atoms with Gasteiger partial charge in [-0.3, -0.25) is 9.89 Å². The van der Waals surface area contributed by atoms with Crippen molar-refractivity contribution in [3.8, 4) is 21.8 Å². The lowest BCUT2D eigenvalue weighted by Crippen LogP contribution is -2.24. The molecule has 0 unspecified atom stereocenters. The Morgan fingerprint density at radius 3 is 2.71 bits per heavy atom. The zero-order valence-corrected chi connectivity index (χ0v) is 17.3. The first-order valence-corrected chi connectivity index (χ1v) is 10.4. The molecule has 2 N–H and O–H groups in total. The van der Waals surface area contributed by atoms with Crippen molar-refractivity contribution in [2.75, 3.05) is 0 Å². The second-order valence-electron chi connectivity index (χ2n) is 6.28. The van der Waals surface area contributed by atoms with Crippen molar-refractivity contribution < 1.29 is 4.79 Å². The predicted molar refractivity (Wildman–Crippen MR) is 115 cm³/mol. The maximum absolute atomic E-state index is 12.3. The predicted octanol–water partition coefficient (Wildman–Crippen LogP) is 4.82. The van der Waals surface area contributed by atoms with Crippen LogP contribution in [-0.4, -0.2) is 21.1 Å². The zero-order valence-electron chi connectivity index (χ0n) is 14.9. The molecule has 0 fully saturated rings. The van der Waals surface area contributed by atoms with Crippen LogP contribution in [0.25, 0.3) is 21.8 Å². The summed E-state index contributed by atoms with van der Waals surface area (Å²) in [4.78, 5) is 16.9. The van der Waals surface area contributed by atoms with Gasteiger partial charge in [-0.25, -0.2) is 4.98 Å². The van der Waals surface area contributed by atoms with E-state index in [1.54, 1.807) is 17.5 Å². The van der Waals surface area contributed by atoms with Crippen LogP contribution in [0.5, 0.6) is 0 Å². The van der Waals surface area contributed by atoms with Gasteiger partial charge in [-0.1, -0.05) is 52.3 Å². The first-order valence-electron chi connectivity index (χ1n) is 8.73. The van der Waals surface area contributed by atoms with E-state index < -0.39 is 0 Å². The van der Waals surface area contributed by atoms with Crippen molar-refractivity contribution in [3.05, 3.63) is 81.9 Å². The molecule has 0 aliphatic heterocycles. The second kappa shape index (κ2) is 8.50. The summed E-state index contributed by atoms with van der Waals surface area (Å²) in [6.45, 7) is 0.491. The Hall–Kier alpha value is -2.77. The fourth-order valence-electron chi connectivity index (χ4n) is 2.79. The molecule has 0 radical (unpaired) electrons. The Kier molecular flexibility index (Phi) is 5.64. The average molecular weight is 453 g/mol. The van der Waals surface area contributed by atoms with Crippen LogP contribution in [0.2, 0.25) is 0 Å². The number of carbonyl (C=O) groups excluding carboxylic acids is 1. The van der Waals surface area contributed by atoms with Gasteiger partial charge in [0.1, 0.15) is 5.01 Å². The number of amides is 1. The fraction of sp³-hybridized carbons (Fsp3) is 0.0952. The van der Waals surface area contributed by atoms with Gasteiger partial charge in [0.05, 0.1) is 17.8 Å². The highest BCUT2D eigenvalue weighted by atomic mass is 79.9. The molecule has 2 heterocycles. The summed E-state index contributed by atoms with van der Waals surface area (Å²) in [5.74, 6) is -0.0382. The smallest absolute Gasteiger partial charge is 0.226 e. The van der Waals surface area contributed by atoms with Crippen molar-refractivity contribution >= 4 is 33.2 Å². The lowest BCUT2D eigenvalue weighted by atomic mass is 10.1. The largest absolute Gasteiger partial charge is 0.352 e. The third-order valence-corrected chi connectivity index (χ3v) is 5.65. The SMILES string of the molecule is O=C(Cc1csc(-c2cccc(Br)c2)n1)NCc1ccc(-c2ccn[nH]2)cc1. The van der Waals surface area contributed by atoms with Crippen molar-refractivity contribution in [1.29, 1.82) is 0 Å². The number of benzene rings is 2. The number of nitrogens with one attached hydrogen (secondary N) is 2. The van der Waals surface area contributed by atoms with Gasteiger partial charge >= 0.3 is 0 Å². The first kappa shape index (κ1) is 18.6. The van der Waals surface area contributed by atoms with Crippen LogP contribution >= 0.6 is 27.3 Å². The van der Waals surface area contributed by atoms with E-state index in [1.807, 2.05) is 60.0 Å². The number of rotatable bonds is 6. The molecule has 1 amide bonds. The lowest BCUT2D eigenvalue weighted by molar-refractivity contribution is -0.120. The number of nitrogens with zero attached hydrogens (tertiary/aromatic N) is 2. The molecule has 0 saturated carbocycles. The maximum atomic E-state index is 12.3. The quantitative estimate of drug-likeness (QED) is 0.440. The summed E-state index contributed by atoms with van der Waals surface area (Å²) in [7, 11) is 0. The molecule has 140 valence electrons. The van der Waals surface area contributed by atoms with Crippen molar-refractivity contribution in [2.45, 2.75) is 13.0 Å². The van der Waals surface area contributed by atoms with E-state index in [9.17, 15) is 4.79 Å². The van der Waals surface area contributed by atoms with Crippen LogP contribution in [0.4, 0.5) is 0 Å². The molecule has 28 heavy (non-hydrogen) atoms. The number of hydrogen-bond donors (Lipinski definition) is 2. The molecule has 2 aromatic heterocycles. The van der Waals surface area contributed by atoms with E-state index in [2.05, 4.69) is 36.4 Å². The van der Waals surface area contributed by atoms with Gasteiger partial charge in [-0.15, -0.1) is 11.3 Å². The van der Waals surface area contributed by atoms with Gasteiger partial charge < -0.3 is 5.32 Å². The second-order valence-corrected chi connectivity index (χ2v) is 8.05. The van der Waals surface area contributed by atoms with Crippen molar-refractivity contribution in [2.24, 2.45) is 0 Å². The van der Waals surface area contributed by atoms with E-state index in [-0.39, 0.29) is 12.3 Å². The molecule has 0 bridgehead atoms. The van der Waals surface area contributed by atoms with Crippen LogP contribution < -0.4 is 5.32 Å². The lowest BCUT2D eigenvalue weighted by Gasteiger charge is -2.05. The highest BCUT2D eigenvalue weighted by molar-refractivity contribution is 9.10. The van der Waals surface area contributed by atoms with E-state index in [0.29, 0.717) is 6.54 Å². The number of aromatic nitrogens is 3. The molecule has 2 aromatic carbocycles. The molecule has 4 aromatic rings. The summed E-state index contributed by atoms with van der Waals surface area (Å²) >= 11 is 5.02. The minimum absolute atomic E-state index is 0.0382. The highest BCUT2D eigenvalue weighted by Crippen LogP contribution is 2.26. The van der Waals surface area contributed by atoms with E-state index in [4.69, 9.17) is 0 Å². The highest BCUT2D eigenvalue weighted by Gasteiger charge is 2.09.